The van der Waals surface area contributed by atoms with Crippen LogP contribution in [0.15, 0.2) is 22.7 Å². The van der Waals surface area contributed by atoms with Crippen molar-refractivity contribution in [1.29, 1.82) is 0 Å². The molecule has 21 heavy (non-hydrogen) atoms. The van der Waals surface area contributed by atoms with Crippen LogP contribution < -0.4 is 10.1 Å². The SMILES string of the molecule is CCCN(CC)CCNCc1cc(Br)ccc1OC(F)F. The number of alkyl halides is 2. The smallest absolute Gasteiger partial charge is 0.387 e. The zero-order chi connectivity index (χ0) is 15.7. The van der Waals surface area contributed by atoms with Crippen molar-refractivity contribution in [3.8, 4) is 5.75 Å². The highest BCUT2D eigenvalue weighted by molar-refractivity contribution is 9.10. The molecule has 0 amide bonds. The molecule has 0 radical (unpaired) electrons. The predicted octanol–water partition coefficient (Wildman–Crippen LogP) is 3.87. The van der Waals surface area contributed by atoms with E-state index in [9.17, 15) is 8.78 Å². The van der Waals surface area contributed by atoms with Gasteiger partial charge in [0, 0.05) is 29.7 Å². The summed E-state index contributed by atoms with van der Waals surface area (Å²) < 4.78 is 30.1. The second kappa shape index (κ2) is 10.1. The summed E-state index contributed by atoms with van der Waals surface area (Å²) in [6, 6.07) is 5.05. The molecule has 1 rings (SSSR count). The van der Waals surface area contributed by atoms with E-state index in [0.717, 1.165) is 42.6 Å². The van der Waals surface area contributed by atoms with Gasteiger partial charge in [-0.05, 0) is 37.7 Å². The van der Waals surface area contributed by atoms with Crippen LogP contribution in [0.1, 0.15) is 25.8 Å². The van der Waals surface area contributed by atoms with Crippen LogP contribution in [-0.2, 0) is 6.54 Å². The van der Waals surface area contributed by atoms with Crippen LogP contribution >= 0.6 is 15.9 Å². The van der Waals surface area contributed by atoms with Gasteiger partial charge in [0.1, 0.15) is 5.75 Å². The molecule has 3 nitrogen and oxygen atoms in total. The third-order valence-electron chi connectivity index (χ3n) is 3.15. The average Bonchev–Trinajstić information content (AvgIpc) is 2.44. The van der Waals surface area contributed by atoms with E-state index in [1.54, 1.807) is 18.2 Å². The monoisotopic (exact) mass is 364 g/mol. The number of rotatable bonds is 10. The van der Waals surface area contributed by atoms with E-state index in [0.29, 0.717) is 6.54 Å². The Hall–Kier alpha value is -0.720. The van der Waals surface area contributed by atoms with Gasteiger partial charge in [0.25, 0.3) is 0 Å². The molecule has 0 saturated carbocycles. The van der Waals surface area contributed by atoms with Crippen molar-refractivity contribution in [1.82, 2.24) is 10.2 Å². The molecular formula is C15H23BrF2N2O. The van der Waals surface area contributed by atoms with E-state index in [1.165, 1.54) is 0 Å². The highest BCUT2D eigenvalue weighted by Crippen LogP contribution is 2.24. The van der Waals surface area contributed by atoms with Crippen LogP contribution in [0, 0.1) is 0 Å². The van der Waals surface area contributed by atoms with Crippen LogP contribution in [0.5, 0.6) is 5.75 Å². The number of hydrogen-bond acceptors (Lipinski definition) is 3. The molecule has 0 fully saturated rings. The van der Waals surface area contributed by atoms with Gasteiger partial charge in [0.15, 0.2) is 0 Å². The second-order valence-electron chi connectivity index (χ2n) is 4.74. The Bertz CT molecular complexity index is 419. The van der Waals surface area contributed by atoms with Crippen molar-refractivity contribution >= 4 is 15.9 Å². The molecule has 0 heterocycles. The van der Waals surface area contributed by atoms with Crippen LogP contribution in [-0.4, -0.2) is 37.7 Å². The van der Waals surface area contributed by atoms with Crippen LogP contribution in [0.25, 0.3) is 0 Å². The first-order chi connectivity index (χ1) is 10.1. The van der Waals surface area contributed by atoms with Crippen molar-refractivity contribution < 1.29 is 13.5 Å². The summed E-state index contributed by atoms with van der Waals surface area (Å²) >= 11 is 3.35. The molecule has 0 aromatic heterocycles. The number of likely N-dealkylation sites (N-methyl/N-ethyl adjacent to an activating group) is 1. The van der Waals surface area contributed by atoms with E-state index < -0.39 is 6.61 Å². The van der Waals surface area contributed by atoms with E-state index in [1.807, 2.05) is 0 Å². The number of hydrogen-bond donors (Lipinski definition) is 1. The summed E-state index contributed by atoms with van der Waals surface area (Å²) in [4.78, 5) is 2.35. The van der Waals surface area contributed by atoms with Gasteiger partial charge in [-0.1, -0.05) is 29.8 Å². The van der Waals surface area contributed by atoms with Crippen LogP contribution in [0.2, 0.25) is 0 Å². The number of nitrogens with one attached hydrogen (secondary N) is 1. The molecule has 0 saturated heterocycles. The first kappa shape index (κ1) is 18.3. The summed E-state index contributed by atoms with van der Waals surface area (Å²) in [5.74, 6) is 0.224. The highest BCUT2D eigenvalue weighted by atomic mass is 79.9. The minimum atomic E-state index is -2.80. The van der Waals surface area contributed by atoms with Crippen molar-refractivity contribution in [2.24, 2.45) is 0 Å². The van der Waals surface area contributed by atoms with Gasteiger partial charge in [-0.25, -0.2) is 0 Å². The topological polar surface area (TPSA) is 24.5 Å². The van der Waals surface area contributed by atoms with Gasteiger partial charge in [-0.3, -0.25) is 0 Å². The van der Waals surface area contributed by atoms with Crippen molar-refractivity contribution in [2.45, 2.75) is 33.4 Å². The van der Waals surface area contributed by atoms with Crippen LogP contribution in [0.3, 0.4) is 0 Å². The van der Waals surface area contributed by atoms with Gasteiger partial charge in [-0.2, -0.15) is 8.78 Å². The molecule has 0 aliphatic carbocycles. The van der Waals surface area contributed by atoms with E-state index in [4.69, 9.17) is 0 Å². The van der Waals surface area contributed by atoms with Gasteiger partial charge < -0.3 is 15.0 Å². The second-order valence-corrected chi connectivity index (χ2v) is 5.66. The molecule has 1 N–H and O–H groups in total. The summed E-state index contributed by atoms with van der Waals surface area (Å²) in [5, 5.41) is 3.28. The number of halogens is 3. The normalized spacial score (nSPS) is 11.4. The first-order valence-corrected chi connectivity index (χ1v) is 8.02. The van der Waals surface area contributed by atoms with Crippen LogP contribution in [0.4, 0.5) is 8.78 Å². The molecule has 6 heteroatoms. The predicted molar refractivity (Wildman–Crippen MR) is 84.9 cm³/mol. The molecule has 120 valence electrons. The molecule has 0 atom stereocenters. The fourth-order valence-electron chi connectivity index (χ4n) is 2.10. The van der Waals surface area contributed by atoms with Gasteiger partial charge >= 0.3 is 6.61 Å². The maximum absolute atomic E-state index is 12.4. The van der Waals surface area contributed by atoms with Crippen molar-refractivity contribution in [3.05, 3.63) is 28.2 Å². The molecule has 0 spiro atoms. The minimum Gasteiger partial charge on any atom is -0.434 e. The summed E-state index contributed by atoms with van der Waals surface area (Å²) in [7, 11) is 0. The molecule has 0 unspecified atom stereocenters. The minimum absolute atomic E-state index is 0.224. The largest absolute Gasteiger partial charge is 0.434 e. The Morgan fingerprint density at radius 1 is 1.29 bits per heavy atom. The first-order valence-electron chi connectivity index (χ1n) is 7.23. The zero-order valence-electron chi connectivity index (χ0n) is 12.5. The highest BCUT2D eigenvalue weighted by Gasteiger charge is 2.10. The maximum atomic E-state index is 12.4. The Morgan fingerprint density at radius 2 is 2.05 bits per heavy atom. The number of benzene rings is 1. The molecular weight excluding hydrogens is 342 g/mol. The summed E-state index contributed by atoms with van der Waals surface area (Å²) in [6.07, 6.45) is 1.13. The van der Waals surface area contributed by atoms with Gasteiger partial charge in [0.05, 0.1) is 0 Å². The fourth-order valence-corrected chi connectivity index (χ4v) is 2.51. The summed E-state index contributed by atoms with van der Waals surface area (Å²) in [5.41, 5.74) is 0.725. The van der Waals surface area contributed by atoms with Gasteiger partial charge in [0.2, 0.25) is 0 Å². The maximum Gasteiger partial charge on any atom is 0.387 e. The average molecular weight is 365 g/mol. The molecule has 1 aromatic rings. The lowest BCUT2D eigenvalue weighted by atomic mass is 10.2. The van der Waals surface area contributed by atoms with E-state index >= 15 is 0 Å². The van der Waals surface area contributed by atoms with E-state index in [-0.39, 0.29) is 5.75 Å². The quantitative estimate of drug-likeness (QED) is 0.637. The fraction of sp³-hybridized carbons (Fsp3) is 0.600. The number of ether oxygens (including phenoxy) is 1. The molecule has 0 bridgehead atoms. The van der Waals surface area contributed by atoms with E-state index in [2.05, 4.69) is 44.7 Å². The van der Waals surface area contributed by atoms with Crippen molar-refractivity contribution in [2.75, 3.05) is 26.2 Å². The molecule has 0 aliphatic rings. The molecule has 0 aliphatic heterocycles. The Kier molecular flexibility index (Phi) is 8.80. The van der Waals surface area contributed by atoms with Crippen molar-refractivity contribution in [3.63, 3.8) is 0 Å². The lowest BCUT2D eigenvalue weighted by Crippen LogP contribution is -2.32. The van der Waals surface area contributed by atoms with Gasteiger partial charge in [-0.15, -0.1) is 0 Å². The summed E-state index contributed by atoms with van der Waals surface area (Å²) in [6.45, 7) is 5.86. The Morgan fingerprint density at radius 3 is 2.67 bits per heavy atom. The standard InChI is InChI=1S/C15H23BrF2N2O/c1-3-8-20(4-2)9-7-19-11-12-10-13(16)5-6-14(12)21-15(17)18/h5-6,10,15,19H,3-4,7-9,11H2,1-2H3. The molecule has 1 aromatic carbocycles. The third-order valence-corrected chi connectivity index (χ3v) is 3.64. The lowest BCUT2D eigenvalue weighted by molar-refractivity contribution is -0.0505. The lowest BCUT2D eigenvalue weighted by Gasteiger charge is -2.20. The zero-order valence-corrected chi connectivity index (χ0v) is 14.1. The Balaban J connectivity index is 2.48. The number of nitrogens with zero attached hydrogens (tertiary/aromatic N) is 1. The Labute approximate surface area is 133 Å². The third kappa shape index (κ3) is 7.20.